The van der Waals surface area contributed by atoms with E-state index in [0.29, 0.717) is 36.0 Å². The van der Waals surface area contributed by atoms with Crippen molar-refractivity contribution in [1.29, 1.82) is 5.26 Å². The smallest absolute Gasteiger partial charge is 0.269 e. The largest absolute Gasteiger partial charge is 0.490 e. The second kappa shape index (κ2) is 11.3. The summed E-state index contributed by atoms with van der Waals surface area (Å²) in [5.41, 5.74) is 2.89. The van der Waals surface area contributed by atoms with Gasteiger partial charge in [0.25, 0.3) is 11.6 Å². The van der Waals surface area contributed by atoms with Gasteiger partial charge in [0.2, 0.25) is 0 Å². The van der Waals surface area contributed by atoms with Gasteiger partial charge in [-0.05, 0) is 55.3 Å². The Labute approximate surface area is 197 Å². The molecule has 34 heavy (non-hydrogen) atoms. The van der Waals surface area contributed by atoms with Gasteiger partial charge in [-0.1, -0.05) is 35.9 Å². The van der Waals surface area contributed by atoms with Crippen molar-refractivity contribution in [3.05, 3.63) is 99.1 Å². The maximum Gasteiger partial charge on any atom is 0.269 e. The number of ether oxygens (including phenoxy) is 2. The van der Waals surface area contributed by atoms with Crippen LogP contribution in [0.4, 0.5) is 11.4 Å². The molecule has 0 spiro atoms. The molecule has 0 atom stereocenters. The number of non-ortho nitro benzene ring substituents is 1. The zero-order chi connectivity index (χ0) is 24.5. The van der Waals surface area contributed by atoms with E-state index in [1.807, 2.05) is 44.2 Å². The molecule has 172 valence electrons. The van der Waals surface area contributed by atoms with Crippen LogP contribution < -0.4 is 14.8 Å². The highest BCUT2D eigenvalue weighted by Crippen LogP contribution is 2.30. The number of hydrogen-bond donors (Lipinski definition) is 1. The lowest BCUT2D eigenvalue weighted by Gasteiger charge is -2.13. The van der Waals surface area contributed by atoms with Crippen molar-refractivity contribution in [2.24, 2.45) is 0 Å². The summed E-state index contributed by atoms with van der Waals surface area (Å²) in [4.78, 5) is 22.8. The van der Waals surface area contributed by atoms with Crippen molar-refractivity contribution in [3.63, 3.8) is 0 Å². The number of nitrogens with zero attached hydrogens (tertiary/aromatic N) is 2. The van der Waals surface area contributed by atoms with Crippen LogP contribution in [0.25, 0.3) is 6.08 Å². The summed E-state index contributed by atoms with van der Waals surface area (Å²) in [6.45, 7) is 4.66. The molecule has 0 saturated heterocycles. The first-order valence-corrected chi connectivity index (χ1v) is 10.5. The maximum absolute atomic E-state index is 12.5. The van der Waals surface area contributed by atoms with Gasteiger partial charge in [0.05, 0.1) is 11.5 Å². The minimum Gasteiger partial charge on any atom is -0.490 e. The number of rotatable bonds is 9. The molecule has 1 N–H and O–H groups in total. The highest BCUT2D eigenvalue weighted by atomic mass is 16.6. The Hall–Kier alpha value is -4.64. The Morgan fingerprint density at radius 2 is 1.76 bits per heavy atom. The van der Waals surface area contributed by atoms with Crippen LogP contribution in [0.2, 0.25) is 0 Å². The molecule has 8 heteroatoms. The predicted octanol–water partition coefficient (Wildman–Crippen LogP) is 5.43. The first-order valence-electron chi connectivity index (χ1n) is 10.5. The van der Waals surface area contributed by atoms with Gasteiger partial charge < -0.3 is 14.8 Å². The normalized spacial score (nSPS) is 10.8. The number of hydrogen-bond acceptors (Lipinski definition) is 6. The fourth-order valence-corrected chi connectivity index (χ4v) is 3.03. The third-order valence-corrected chi connectivity index (χ3v) is 4.79. The van der Waals surface area contributed by atoms with Crippen LogP contribution in [0.5, 0.6) is 11.5 Å². The molecule has 3 aromatic carbocycles. The number of benzene rings is 3. The van der Waals surface area contributed by atoms with E-state index >= 15 is 0 Å². The van der Waals surface area contributed by atoms with Crippen LogP contribution in [0, 0.1) is 28.4 Å². The molecule has 0 aliphatic heterocycles. The molecule has 3 aromatic rings. The summed E-state index contributed by atoms with van der Waals surface area (Å²) < 4.78 is 11.6. The number of carbonyl (C=O) groups excluding carboxylic acids is 1. The van der Waals surface area contributed by atoms with Gasteiger partial charge in [0.15, 0.2) is 11.5 Å². The Kier molecular flexibility index (Phi) is 7.97. The number of carbonyl (C=O) groups is 1. The van der Waals surface area contributed by atoms with E-state index in [1.165, 1.54) is 35.9 Å². The minimum absolute atomic E-state index is 0.0952. The van der Waals surface area contributed by atoms with E-state index < -0.39 is 10.8 Å². The Bertz CT molecular complexity index is 1240. The number of nitrogens with one attached hydrogen (secondary N) is 1. The summed E-state index contributed by atoms with van der Waals surface area (Å²) in [5, 5.41) is 22.8. The molecule has 0 bridgehead atoms. The third kappa shape index (κ3) is 6.43. The van der Waals surface area contributed by atoms with Crippen LogP contribution in [0.3, 0.4) is 0 Å². The maximum atomic E-state index is 12.5. The highest BCUT2D eigenvalue weighted by Gasteiger charge is 2.13. The van der Waals surface area contributed by atoms with E-state index in [1.54, 1.807) is 18.2 Å². The van der Waals surface area contributed by atoms with Gasteiger partial charge in [-0.15, -0.1) is 0 Å². The van der Waals surface area contributed by atoms with Crippen LogP contribution in [0.15, 0.2) is 72.3 Å². The lowest BCUT2D eigenvalue weighted by molar-refractivity contribution is -0.384. The molecule has 3 rings (SSSR count). The summed E-state index contributed by atoms with van der Waals surface area (Å²) in [6.07, 6.45) is 1.44. The van der Waals surface area contributed by atoms with Crippen LogP contribution >= 0.6 is 0 Å². The summed E-state index contributed by atoms with van der Waals surface area (Å²) in [7, 11) is 0. The SMILES string of the molecule is CCOc1cc(/C=C(/C#N)C(=O)Nc2ccc([N+](=O)[O-])cc2)ccc1OCc1ccc(C)cc1. The van der Waals surface area contributed by atoms with Gasteiger partial charge in [-0.3, -0.25) is 14.9 Å². The van der Waals surface area contributed by atoms with Gasteiger partial charge in [-0.25, -0.2) is 0 Å². The first-order chi connectivity index (χ1) is 16.4. The molecule has 0 aliphatic carbocycles. The van der Waals surface area contributed by atoms with Gasteiger partial charge in [0.1, 0.15) is 18.2 Å². The lowest BCUT2D eigenvalue weighted by Crippen LogP contribution is -2.13. The van der Waals surface area contributed by atoms with Crippen LogP contribution in [0.1, 0.15) is 23.6 Å². The molecule has 0 saturated carbocycles. The average Bonchev–Trinajstić information content (AvgIpc) is 2.83. The molecular weight excluding hydrogens is 434 g/mol. The fourth-order valence-electron chi connectivity index (χ4n) is 3.03. The average molecular weight is 457 g/mol. The number of nitro benzene ring substituents is 1. The van der Waals surface area contributed by atoms with Crippen molar-refractivity contribution in [1.82, 2.24) is 0 Å². The molecule has 0 radical (unpaired) electrons. The molecule has 8 nitrogen and oxygen atoms in total. The highest BCUT2D eigenvalue weighted by molar-refractivity contribution is 6.09. The first kappa shape index (κ1) is 24.0. The van der Waals surface area contributed by atoms with E-state index in [4.69, 9.17) is 9.47 Å². The van der Waals surface area contributed by atoms with Crippen molar-refractivity contribution in [2.45, 2.75) is 20.5 Å². The lowest BCUT2D eigenvalue weighted by atomic mass is 10.1. The van der Waals surface area contributed by atoms with Crippen molar-refractivity contribution in [3.8, 4) is 17.6 Å². The number of aryl methyl sites for hydroxylation is 1. The number of nitro groups is 1. The summed E-state index contributed by atoms with van der Waals surface area (Å²) >= 11 is 0. The van der Waals surface area contributed by atoms with Crippen molar-refractivity contribution in [2.75, 3.05) is 11.9 Å². The standard InChI is InChI=1S/C26H23N3O5/c1-3-33-25-15-20(8-13-24(25)34-17-19-6-4-18(2)5-7-19)14-21(16-27)26(30)28-22-9-11-23(12-10-22)29(31)32/h4-15H,3,17H2,1-2H3,(H,28,30)/b21-14-. The minimum atomic E-state index is -0.631. The monoisotopic (exact) mass is 457 g/mol. The summed E-state index contributed by atoms with van der Waals surface area (Å²) in [5.74, 6) is 0.416. The summed E-state index contributed by atoms with van der Waals surface area (Å²) in [6, 6.07) is 20.4. The zero-order valence-corrected chi connectivity index (χ0v) is 18.8. The van der Waals surface area contributed by atoms with Crippen LogP contribution in [-0.4, -0.2) is 17.4 Å². The Morgan fingerprint density at radius 3 is 2.38 bits per heavy atom. The molecule has 0 heterocycles. The van der Waals surface area contributed by atoms with E-state index in [-0.39, 0.29) is 11.3 Å². The number of amides is 1. The topological polar surface area (TPSA) is 114 Å². The molecule has 0 aliphatic rings. The predicted molar refractivity (Wildman–Crippen MR) is 128 cm³/mol. The quantitative estimate of drug-likeness (QED) is 0.198. The Morgan fingerprint density at radius 1 is 1.06 bits per heavy atom. The molecule has 0 aromatic heterocycles. The van der Waals surface area contributed by atoms with Crippen LogP contribution in [-0.2, 0) is 11.4 Å². The van der Waals surface area contributed by atoms with E-state index in [9.17, 15) is 20.2 Å². The third-order valence-electron chi connectivity index (χ3n) is 4.79. The Balaban J connectivity index is 1.75. The fraction of sp³-hybridized carbons (Fsp3) is 0.154. The second-order valence-electron chi connectivity index (χ2n) is 7.34. The molecule has 0 unspecified atom stereocenters. The van der Waals surface area contributed by atoms with E-state index in [0.717, 1.165) is 5.56 Å². The zero-order valence-electron chi connectivity index (χ0n) is 18.8. The van der Waals surface area contributed by atoms with E-state index in [2.05, 4.69) is 5.32 Å². The molecule has 1 amide bonds. The second-order valence-corrected chi connectivity index (χ2v) is 7.34. The van der Waals surface area contributed by atoms with Crippen molar-refractivity contribution >= 4 is 23.4 Å². The van der Waals surface area contributed by atoms with Gasteiger partial charge >= 0.3 is 0 Å². The van der Waals surface area contributed by atoms with Crippen molar-refractivity contribution < 1.29 is 19.2 Å². The van der Waals surface area contributed by atoms with Gasteiger partial charge in [-0.2, -0.15) is 5.26 Å². The van der Waals surface area contributed by atoms with Gasteiger partial charge in [0, 0.05) is 17.8 Å². The molecular formula is C26H23N3O5. The molecule has 0 fully saturated rings. The number of anilines is 1. The number of nitriles is 1.